The van der Waals surface area contributed by atoms with Crippen molar-refractivity contribution in [1.82, 2.24) is 4.90 Å². The summed E-state index contributed by atoms with van der Waals surface area (Å²) in [7, 11) is 0. The number of hydrogen-bond acceptors (Lipinski definition) is 5. The lowest BCUT2D eigenvalue weighted by atomic mass is 10.0. The highest BCUT2D eigenvalue weighted by Gasteiger charge is 2.47. The van der Waals surface area contributed by atoms with Crippen molar-refractivity contribution < 1.29 is 23.9 Å². The molecule has 1 aliphatic heterocycles. The van der Waals surface area contributed by atoms with Crippen LogP contribution < -0.4 is 4.90 Å². The average molecular weight is 388 g/mol. The Bertz CT molecular complexity index is 764. The van der Waals surface area contributed by atoms with Crippen LogP contribution in [0.4, 0.5) is 5.69 Å². The molecule has 3 amide bonds. The number of esters is 1. The lowest BCUT2D eigenvalue weighted by Gasteiger charge is -2.39. The molecule has 1 aromatic carbocycles. The van der Waals surface area contributed by atoms with E-state index in [1.165, 1.54) is 17.0 Å². The van der Waals surface area contributed by atoms with Gasteiger partial charge >= 0.3 is 5.97 Å². The summed E-state index contributed by atoms with van der Waals surface area (Å²) in [6.45, 7) is 9.45. The van der Waals surface area contributed by atoms with Crippen molar-refractivity contribution in [2.24, 2.45) is 0 Å². The monoisotopic (exact) mass is 388 g/mol. The highest BCUT2D eigenvalue weighted by molar-refractivity contribution is 6.23. The molecule has 1 heterocycles. The fourth-order valence-corrected chi connectivity index (χ4v) is 3.40. The van der Waals surface area contributed by atoms with Crippen molar-refractivity contribution in [3.8, 4) is 0 Å². The summed E-state index contributed by atoms with van der Waals surface area (Å²) in [6, 6.07) is 5.30. The molecule has 1 aromatic rings. The Morgan fingerprint density at radius 2 is 1.75 bits per heavy atom. The Labute approximate surface area is 165 Å². The summed E-state index contributed by atoms with van der Waals surface area (Å²) >= 11 is 0. The highest BCUT2D eigenvalue weighted by Crippen LogP contribution is 2.30. The normalized spacial score (nSPS) is 17.0. The van der Waals surface area contributed by atoms with Crippen LogP contribution in [0.15, 0.2) is 24.3 Å². The van der Waals surface area contributed by atoms with Crippen LogP contribution in [-0.2, 0) is 19.1 Å². The number of benzene rings is 1. The standard InChI is InChI=1S/C21H28N2O5/c1-6-8-17(24)23(21(3,4)5)16-13-18(25)22(19(16)26)15-11-9-14(10-12-15)20(27)28-7-2/h9-12,16H,6-8,13H2,1-5H3. The van der Waals surface area contributed by atoms with Crippen LogP contribution in [0.25, 0.3) is 0 Å². The SMILES string of the molecule is CCCC(=O)N(C1CC(=O)N(c2ccc(C(=O)OCC)cc2)C1=O)C(C)(C)C. The number of anilines is 1. The van der Waals surface area contributed by atoms with E-state index >= 15 is 0 Å². The molecule has 0 spiro atoms. The summed E-state index contributed by atoms with van der Waals surface area (Å²) in [6.07, 6.45) is 0.938. The number of amides is 3. The first-order valence-electron chi connectivity index (χ1n) is 9.58. The van der Waals surface area contributed by atoms with Gasteiger partial charge in [-0.1, -0.05) is 6.92 Å². The fraction of sp³-hybridized carbons (Fsp3) is 0.524. The zero-order valence-electron chi connectivity index (χ0n) is 17.2. The quantitative estimate of drug-likeness (QED) is 0.553. The molecule has 0 radical (unpaired) electrons. The molecule has 0 saturated carbocycles. The second-order valence-electron chi connectivity index (χ2n) is 7.74. The average Bonchev–Trinajstić information content (AvgIpc) is 2.88. The molecular formula is C21H28N2O5. The zero-order chi connectivity index (χ0) is 21.1. The maximum absolute atomic E-state index is 13.1. The van der Waals surface area contributed by atoms with Crippen LogP contribution in [0.1, 0.15) is 64.2 Å². The molecule has 1 saturated heterocycles. The molecule has 2 rings (SSSR count). The van der Waals surface area contributed by atoms with Gasteiger partial charge < -0.3 is 9.64 Å². The van der Waals surface area contributed by atoms with E-state index in [0.29, 0.717) is 24.1 Å². The number of carbonyl (C=O) groups is 4. The van der Waals surface area contributed by atoms with Gasteiger partial charge in [0, 0.05) is 12.0 Å². The van der Waals surface area contributed by atoms with Crippen molar-refractivity contribution in [1.29, 1.82) is 0 Å². The summed E-state index contributed by atoms with van der Waals surface area (Å²) in [5, 5.41) is 0. The van der Waals surface area contributed by atoms with Crippen LogP contribution in [0, 0.1) is 0 Å². The Morgan fingerprint density at radius 3 is 2.25 bits per heavy atom. The Kier molecular flexibility index (Phi) is 6.59. The van der Waals surface area contributed by atoms with Gasteiger partial charge in [0.15, 0.2) is 0 Å². The van der Waals surface area contributed by atoms with Gasteiger partial charge in [0.2, 0.25) is 11.8 Å². The maximum atomic E-state index is 13.1. The van der Waals surface area contributed by atoms with E-state index in [-0.39, 0.29) is 24.8 Å². The van der Waals surface area contributed by atoms with Crippen LogP contribution >= 0.6 is 0 Å². The van der Waals surface area contributed by atoms with E-state index in [1.54, 1.807) is 19.1 Å². The number of nitrogens with zero attached hydrogens (tertiary/aromatic N) is 2. The molecule has 7 nitrogen and oxygen atoms in total. The molecule has 28 heavy (non-hydrogen) atoms. The van der Waals surface area contributed by atoms with Gasteiger partial charge in [-0.25, -0.2) is 9.69 Å². The first kappa shape index (κ1) is 21.6. The maximum Gasteiger partial charge on any atom is 0.338 e. The lowest BCUT2D eigenvalue weighted by Crippen LogP contribution is -2.54. The van der Waals surface area contributed by atoms with Gasteiger partial charge in [0.05, 0.1) is 24.3 Å². The van der Waals surface area contributed by atoms with E-state index in [9.17, 15) is 19.2 Å². The second kappa shape index (κ2) is 8.54. The van der Waals surface area contributed by atoms with E-state index in [0.717, 1.165) is 4.90 Å². The van der Waals surface area contributed by atoms with Gasteiger partial charge in [-0.15, -0.1) is 0 Å². The fourth-order valence-electron chi connectivity index (χ4n) is 3.40. The molecule has 152 valence electrons. The predicted octanol–water partition coefficient (Wildman–Crippen LogP) is 2.92. The minimum Gasteiger partial charge on any atom is -0.462 e. The number of imide groups is 1. The Morgan fingerprint density at radius 1 is 1.14 bits per heavy atom. The summed E-state index contributed by atoms with van der Waals surface area (Å²) in [4.78, 5) is 52.7. The van der Waals surface area contributed by atoms with Gasteiger partial charge in [0.1, 0.15) is 6.04 Å². The van der Waals surface area contributed by atoms with Crippen LogP contribution in [0.5, 0.6) is 0 Å². The molecule has 7 heteroatoms. The van der Waals surface area contributed by atoms with Crippen molar-refractivity contribution in [3.05, 3.63) is 29.8 Å². The lowest BCUT2D eigenvalue weighted by molar-refractivity contribution is -0.144. The number of rotatable bonds is 6. The number of hydrogen-bond donors (Lipinski definition) is 0. The molecule has 0 aliphatic carbocycles. The topological polar surface area (TPSA) is 84.0 Å². The summed E-state index contributed by atoms with van der Waals surface area (Å²) < 4.78 is 4.94. The third-order valence-electron chi connectivity index (χ3n) is 4.53. The smallest absolute Gasteiger partial charge is 0.338 e. The molecule has 0 bridgehead atoms. The molecule has 1 unspecified atom stereocenters. The largest absolute Gasteiger partial charge is 0.462 e. The van der Waals surface area contributed by atoms with Crippen LogP contribution in [-0.4, -0.2) is 46.8 Å². The third kappa shape index (κ3) is 4.40. The van der Waals surface area contributed by atoms with Crippen molar-refractivity contribution in [2.75, 3.05) is 11.5 Å². The van der Waals surface area contributed by atoms with Gasteiger partial charge in [-0.05, 0) is 58.4 Å². The highest BCUT2D eigenvalue weighted by atomic mass is 16.5. The van der Waals surface area contributed by atoms with Gasteiger partial charge in [0.25, 0.3) is 5.91 Å². The summed E-state index contributed by atoms with van der Waals surface area (Å²) in [5.41, 5.74) is 0.134. The molecule has 0 aromatic heterocycles. The molecular weight excluding hydrogens is 360 g/mol. The Hall–Kier alpha value is -2.70. The minimum atomic E-state index is -0.823. The molecule has 1 atom stereocenters. The van der Waals surface area contributed by atoms with Crippen LogP contribution in [0.3, 0.4) is 0 Å². The van der Waals surface area contributed by atoms with Gasteiger partial charge in [-0.2, -0.15) is 0 Å². The zero-order valence-corrected chi connectivity index (χ0v) is 17.2. The van der Waals surface area contributed by atoms with Crippen molar-refractivity contribution in [3.63, 3.8) is 0 Å². The minimum absolute atomic E-state index is 0.0504. The van der Waals surface area contributed by atoms with Crippen molar-refractivity contribution >= 4 is 29.4 Å². The summed E-state index contributed by atoms with van der Waals surface area (Å²) in [5.74, 6) is -1.39. The van der Waals surface area contributed by atoms with Crippen LogP contribution in [0.2, 0.25) is 0 Å². The number of carbonyl (C=O) groups excluding carboxylic acids is 4. The van der Waals surface area contributed by atoms with Crippen molar-refractivity contribution in [2.45, 2.75) is 65.5 Å². The van der Waals surface area contributed by atoms with E-state index < -0.39 is 23.5 Å². The molecule has 1 aliphatic rings. The van der Waals surface area contributed by atoms with E-state index in [4.69, 9.17) is 4.74 Å². The predicted molar refractivity (Wildman–Crippen MR) is 105 cm³/mol. The van der Waals surface area contributed by atoms with Gasteiger partial charge in [-0.3, -0.25) is 14.4 Å². The Balaban J connectivity index is 2.29. The third-order valence-corrected chi connectivity index (χ3v) is 4.53. The second-order valence-corrected chi connectivity index (χ2v) is 7.74. The number of ether oxygens (including phenoxy) is 1. The molecule has 0 N–H and O–H groups in total. The first-order valence-corrected chi connectivity index (χ1v) is 9.58. The van der Waals surface area contributed by atoms with E-state index in [2.05, 4.69) is 0 Å². The van der Waals surface area contributed by atoms with E-state index in [1.807, 2.05) is 27.7 Å². The first-order chi connectivity index (χ1) is 13.1. The molecule has 1 fully saturated rings.